The number of fused-ring (bicyclic) bond motifs is 1. The van der Waals surface area contributed by atoms with Crippen LogP contribution in [0.5, 0.6) is 0 Å². The number of sulfonamides is 1. The Labute approximate surface area is 266 Å². The standard InChI is InChI=1S/C35H45N5O4S/c1-26(2)24-40(45(43,44)33-17-15-30(36)16-18-33)32(25-41)12-6-8-20-38-35(42)34(39-23-31-11-5-7-19-37-31)22-27-13-14-28-9-3-4-10-29(28)21-27/h3-5,7,9-11,13-19,21,26,32,34,39,41H,6,8,12,20,22-25,36H2,1-2H3,(H,38,42). The first-order valence-electron chi connectivity index (χ1n) is 15.5. The Morgan fingerprint density at radius 1 is 0.956 bits per heavy atom. The van der Waals surface area contributed by atoms with E-state index in [4.69, 9.17) is 5.73 Å². The minimum absolute atomic E-state index is 0.0695. The van der Waals surface area contributed by atoms with Gasteiger partial charge in [-0.25, -0.2) is 8.42 Å². The van der Waals surface area contributed by atoms with E-state index in [1.807, 2.05) is 44.2 Å². The van der Waals surface area contributed by atoms with Gasteiger partial charge < -0.3 is 16.2 Å². The molecular weight excluding hydrogens is 586 g/mol. The predicted octanol–water partition coefficient (Wildman–Crippen LogP) is 4.51. The van der Waals surface area contributed by atoms with Gasteiger partial charge in [0, 0.05) is 37.6 Å². The third kappa shape index (κ3) is 9.83. The summed E-state index contributed by atoms with van der Waals surface area (Å²) in [6.45, 7) is 4.78. The molecule has 2 atom stereocenters. The van der Waals surface area contributed by atoms with E-state index in [0.29, 0.717) is 44.5 Å². The zero-order valence-electron chi connectivity index (χ0n) is 26.1. The molecule has 9 nitrogen and oxygen atoms in total. The van der Waals surface area contributed by atoms with Gasteiger partial charge in [-0.05, 0) is 77.9 Å². The fourth-order valence-corrected chi connectivity index (χ4v) is 7.14. The summed E-state index contributed by atoms with van der Waals surface area (Å²) in [6, 6.07) is 25.2. The number of aliphatic hydroxyl groups excluding tert-OH is 1. The van der Waals surface area contributed by atoms with Crippen molar-refractivity contribution in [3.8, 4) is 0 Å². The van der Waals surface area contributed by atoms with Crippen molar-refractivity contribution in [2.24, 2.45) is 5.92 Å². The molecule has 0 radical (unpaired) electrons. The second-order valence-electron chi connectivity index (χ2n) is 11.8. The molecule has 0 saturated heterocycles. The van der Waals surface area contributed by atoms with E-state index in [0.717, 1.165) is 22.0 Å². The lowest BCUT2D eigenvalue weighted by Crippen LogP contribution is -2.46. The molecule has 0 bridgehead atoms. The Morgan fingerprint density at radius 3 is 2.38 bits per heavy atom. The van der Waals surface area contributed by atoms with Crippen LogP contribution < -0.4 is 16.4 Å². The molecule has 0 aliphatic carbocycles. The van der Waals surface area contributed by atoms with E-state index in [9.17, 15) is 18.3 Å². The molecule has 3 aromatic carbocycles. The van der Waals surface area contributed by atoms with Crippen molar-refractivity contribution >= 4 is 32.4 Å². The number of hydrogen-bond acceptors (Lipinski definition) is 7. The van der Waals surface area contributed by atoms with Gasteiger partial charge in [0.1, 0.15) is 0 Å². The molecule has 1 heterocycles. The Kier molecular flexibility index (Phi) is 12.5. The highest BCUT2D eigenvalue weighted by Crippen LogP contribution is 2.23. The smallest absolute Gasteiger partial charge is 0.243 e. The highest BCUT2D eigenvalue weighted by atomic mass is 32.2. The molecule has 4 rings (SSSR count). The zero-order chi connectivity index (χ0) is 32.2. The molecule has 0 spiro atoms. The number of unbranched alkanes of at least 4 members (excludes halogenated alkanes) is 1. The van der Waals surface area contributed by atoms with Crippen molar-refractivity contribution in [2.45, 2.75) is 63.1 Å². The number of nitrogen functional groups attached to an aromatic ring is 1. The zero-order valence-corrected chi connectivity index (χ0v) is 26.9. The van der Waals surface area contributed by atoms with Gasteiger partial charge in [-0.15, -0.1) is 0 Å². The largest absolute Gasteiger partial charge is 0.399 e. The van der Waals surface area contributed by atoms with E-state index in [1.165, 1.54) is 16.4 Å². The van der Waals surface area contributed by atoms with E-state index < -0.39 is 22.1 Å². The number of carbonyl (C=O) groups excluding carboxylic acids is 1. The Hall–Kier alpha value is -3.83. The highest BCUT2D eigenvalue weighted by molar-refractivity contribution is 7.89. The first-order chi connectivity index (χ1) is 21.7. The molecule has 0 fully saturated rings. The predicted molar refractivity (Wildman–Crippen MR) is 180 cm³/mol. The summed E-state index contributed by atoms with van der Waals surface area (Å²) in [5.74, 6) is -0.0369. The lowest BCUT2D eigenvalue weighted by molar-refractivity contribution is -0.123. The second-order valence-corrected chi connectivity index (χ2v) is 13.7. The van der Waals surface area contributed by atoms with Crippen molar-refractivity contribution in [1.29, 1.82) is 0 Å². The molecule has 1 aromatic heterocycles. The first kappa shape index (κ1) is 34.1. The summed E-state index contributed by atoms with van der Waals surface area (Å²) in [5.41, 5.74) is 8.15. The summed E-state index contributed by atoms with van der Waals surface area (Å²) in [6.07, 6.45) is 3.99. The number of carbonyl (C=O) groups is 1. The van der Waals surface area contributed by atoms with Crippen LogP contribution in [0.3, 0.4) is 0 Å². The number of amides is 1. The van der Waals surface area contributed by atoms with Gasteiger partial charge in [-0.3, -0.25) is 15.1 Å². The molecule has 0 aliphatic heterocycles. The van der Waals surface area contributed by atoms with E-state index in [1.54, 1.807) is 18.3 Å². The fraction of sp³-hybridized carbons (Fsp3) is 0.371. The van der Waals surface area contributed by atoms with Crippen LogP contribution in [-0.4, -0.2) is 60.5 Å². The van der Waals surface area contributed by atoms with Gasteiger partial charge in [0.15, 0.2) is 0 Å². The average Bonchev–Trinajstić information content (AvgIpc) is 3.04. The van der Waals surface area contributed by atoms with Crippen molar-refractivity contribution in [3.63, 3.8) is 0 Å². The number of hydrogen-bond donors (Lipinski definition) is 4. The van der Waals surface area contributed by atoms with Crippen LogP contribution in [0.25, 0.3) is 10.8 Å². The molecule has 240 valence electrons. The minimum atomic E-state index is -3.83. The molecule has 0 saturated carbocycles. The molecule has 5 N–H and O–H groups in total. The number of aromatic nitrogens is 1. The number of aliphatic hydroxyl groups is 1. The van der Waals surface area contributed by atoms with Crippen molar-refractivity contribution in [2.75, 3.05) is 25.4 Å². The summed E-state index contributed by atoms with van der Waals surface area (Å²) in [7, 11) is -3.83. The monoisotopic (exact) mass is 631 g/mol. The number of rotatable bonds is 17. The van der Waals surface area contributed by atoms with E-state index >= 15 is 0 Å². The van der Waals surface area contributed by atoms with Crippen LogP contribution in [0.1, 0.15) is 44.4 Å². The molecule has 4 aromatic rings. The van der Waals surface area contributed by atoms with E-state index in [-0.39, 0.29) is 29.9 Å². The van der Waals surface area contributed by atoms with Crippen molar-refractivity contribution in [3.05, 3.63) is 102 Å². The van der Waals surface area contributed by atoms with Crippen LogP contribution in [0.4, 0.5) is 5.69 Å². The second kappa shape index (κ2) is 16.5. The lowest BCUT2D eigenvalue weighted by Gasteiger charge is -2.31. The van der Waals surface area contributed by atoms with Crippen molar-refractivity contribution < 1.29 is 18.3 Å². The molecule has 45 heavy (non-hydrogen) atoms. The Bertz CT molecular complexity index is 1610. The summed E-state index contributed by atoms with van der Waals surface area (Å²) in [4.78, 5) is 17.9. The Balaban J connectivity index is 1.36. The number of pyridine rings is 1. The van der Waals surface area contributed by atoms with Gasteiger partial charge in [-0.1, -0.05) is 68.8 Å². The molecule has 2 unspecified atom stereocenters. The van der Waals surface area contributed by atoms with Gasteiger partial charge >= 0.3 is 0 Å². The lowest BCUT2D eigenvalue weighted by atomic mass is 10.0. The topological polar surface area (TPSA) is 138 Å². The number of nitrogens with two attached hydrogens (primary N) is 1. The maximum Gasteiger partial charge on any atom is 0.243 e. The highest BCUT2D eigenvalue weighted by Gasteiger charge is 2.31. The third-order valence-corrected chi connectivity index (χ3v) is 9.67. The van der Waals surface area contributed by atoms with Crippen LogP contribution >= 0.6 is 0 Å². The van der Waals surface area contributed by atoms with Crippen LogP contribution in [0.15, 0.2) is 96.0 Å². The van der Waals surface area contributed by atoms with Gasteiger partial charge in [0.05, 0.1) is 23.2 Å². The van der Waals surface area contributed by atoms with Gasteiger partial charge in [-0.2, -0.15) is 4.31 Å². The number of nitrogens with one attached hydrogen (secondary N) is 2. The first-order valence-corrected chi connectivity index (χ1v) is 17.0. The van der Waals surface area contributed by atoms with Crippen LogP contribution in [-0.2, 0) is 27.8 Å². The minimum Gasteiger partial charge on any atom is -0.399 e. The third-order valence-electron chi connectivity index (χ3n) is 7.74. The fourth-order valence-electron chi connectivity index (χ4n) is 5.33. The molecular formula is C35H45N5O4S. The maximum atomic E-state index is 13.5. The van der Waals surface area contributed by atoms with Gasteiger partial charge in [0.25, 0.3) is 0 Å². The van der Waals surface area contributed by atoms with Crippen molar-refractivity contribution in [1.82, 2.24) is 19.9 Å². The molecule has 10 heteroatoms. The van der Waals surface area contributed by atoms with Gasteiger partial charge in [0.2, 0.25) is 15.9 Å². The quantitative estimate of drug-likeness (QED) is 0.0994. The summed E-state index contributed by atoms with van der Waals surface area (Å²) >= 11 is 0. The number of nitrogens with zero attached hydrogens (tertiary/aromatic N) is 2. The molecule has 0 aliphatic rings. The number of anilines is 1. The summed E-state index contributed by atoms with van der Waals surface area (Å²) < 4.78 is 28.5. The summed E-state index contributed by atoms with van der Waals surface area (Å²) in [5, 5.41) is 19.0. The van der Waals surface area contributed by atoms with Crippen LogP contribution in [0.2, 0.25) is 0 Å². The number of benzene rings is 3. The SMILES string of the molecule is CC(C)CN(C(CO)CCCCNC(=O)C(Cc1ccc2ccccc2c1)NCc1ccccn1)S(=O)(=O)c1ccc(N)cc1. The molecule has 1 amide bonds. The Morgan fingerprint density at radius 2 is 1.69 bits per heavy atom. The van der Waals surface area contributed by atoms with E-state index in [2.05, 4.69) is 45.9 Å². The van der Waals surface area contributed by atoms with Crippen LogP contribution in [0, 0.1) is 5.92 Å². The maximum absolute atomic E-state index is 13.5. The average molecular weight is 632 g/mol. The normalized spacial score (nSPS) is 13.3.